The van der Waals surface area contributed by atoms with Gasteiger partial charge in [-0.25, -0.2) is 4.99 Å². The monoisotopic (exact) mass is 210 g/mol. The number of hydrogen-bond donors (Lipinski definition) is 1. The number of aliphatic imine (C=N–C) groups is 1. The third-order valence-corrected chi connectivity index (χ3v) is 3.41. The third-order valence-electron chi connectivity index (χ3n) is 3.41. The molecule has 1 heterocycles. The van der Waals surface area contributed by atoms with E-state index in [0.717, 1.165) is 12.5 Å². The Labute approximate surface area is 92.1 Å². The molecule has 1 aliphatic heterocycles. The van der Waals surface area contributed by atoms with Gasteiger partial charge < -0.3 is 15.5 Å². The van der Waals surface area contributed by atoms with Crippen LogP contribution in [0.25, 0.3) is 0 Å². The molecule has 2 aliphatic rings. The molecule has 1 saturated carbocycles. The summed E-state index contributed by atoms with van der Waals surface area (Å²) in [6.07, 6.45) is 5.04. The number of rotatable bonds is 3. The first-order valence-corrected chi connectivity index (χ1v) is 5.91. The Balaban J connectivity index is 1.82. The van der Waals surface area contributed by atoms with Gasteiger partial charge in [0.25, 0.3) is 0 Å². The topological polar surface area (TPSA) is 44.9 Å². The molecule has 1 atom stereocenters. The molecule has 0 amide bonds. The predicted octanol–water partition coefficient (Wildman–Crippen LogP) is 0.490. The molecule has 0 aromatic carbocycles. The minimum atomic E-state index is 0.522. The molecule has 15 heavy (non-hydrogen) atoms. The Morgan fingerprint density at radius 2 is 2.20 bits per heavy atom. The Bertz CT molecular complexity index is 247. The highest BCUT2D eigenvalue weighted by molar-refractivity contribution is 5.78. The molecule has 1 unspecified atom stereocenters. The molecule has 4 nitrogen and oxygen atoms in total. The van der Waals surface area contributed by atoms with E-state index in [4.69, 9.17) is 5.73 Å². The van der Waals surface area contributed by atoms with Gasteiger partial charge in [-0.15, -0.1) is 0 Å². The van der Waals surface area contributed by atoms with E-state index in [9.17, 15) is 0 Å². The van der Waals surface area contributed by atoms with E-state index in [1.807, 2.05) is 7.05 Å². The fraction of sp³-hybridized carbons (Fsp3) is 0.909. The third kappa shape index (κ3) is 2.84. The van der Waals surface area contributed by atoms with Crippen LogP contribution in [-0.2, 0) is 0 Å². The van der Waals surface area contributed by atoms with Crippen LogP contribution in [0.3, 0.4) is 0 Å². The van der Waals surface area contributed by atoms with Gasteiger partial charge in [0, 0.05) is 19.6 Å². The fourth-order valence-electron chi connectivity index (χ4n) is 2.11. The summed E-state index contributed by atoms with van der Waals surface area (Å²) in [5.74, 6) is 0.720. The van der Waals surface area contributed by atoms with Crippen LogP contribution in [-0.4, -0.2) is 55.0 Å². The van der Waals surface area contributed by atoms with Gasteiger partial charge in [-0.1, -0.05) is 0 Å². The summed E-state index contributed by atoms with van der Waals surface area (Å²) in [5.41, 5.74) is 5.94. The number of guanidine groups is 1. The van der Waals surface area contributed by atoms with Crippen molar-refractivity contribution >= 4 is 5.96 Å². The molecule has 2 rings (SSSR count). The van der Waals surface area contributed by atoms with Gasteiger partial charge in [0.15, 0.2) is 5.96 Å². The summed E-state index contributed by atoms with van der Waals surface area (Å²) in [6.45, 7) is 2.23. The van der Waals surface area contributed by atoms with E-state index in [-0.39, 0.29) is 0 Å². The molecule has 4 heteroatoms. The first-order valence-electron chi connectivity index (χ1n) is 5.91. The van der Waals surface area contributed by atoms with Crippen LogP contribution in [0.1, 0.15) is 25.7 Å². The minimum Gasteiger partial charge on any atom is -0.370 e. The normalized spacial score (nSPS) is 28.4. The Kier molecular flexibility index (Phi) is 3.14. The SMILES string of the molecule is CN(CC1CCCN1C)C(N)=NC1CC1. The molecule has 2 fully saturated rings. The summed E-state index contributed by atoms with van der Waals surface area (Å²) in [6, 6.07) is 1.18. The lowest BCUT2D eigenvalue weighted by molar-refractivity contribution is 0.266. The quantitative estimate of drug-likeness (QED) is 0.544. The second-order valence-electron chi connectivity index (χ2n) is 4.88. The maximum Gasteiger partial charge on any atom is 0.191 e. The molecule has 1 aliphatic carbocycles. The maximum atomic E-state index is 5.94. The van der Waals surface area contributed by atoms with Gasteiger partial charge in [-0.05, 0) is 39.3 Å². The molecule has 2 N–H and O–H groups in total. The van der Waals surface area contributed by atoms with Crippen LogP contribution in [0, 0.1) is 0 Å². The zero-order valence-electron chi connectivity index (χ0n) is 9.82. The van der Waals surface area contributed by atoms with Gasteiger partial charge in [-0.3, -0.25) is 0 Å². The van der Waals surface area contributed by atoms with Crippen LogP contribution < -0.4 is 5.73 Å². The number of likely N-dealkylation sites (N-methyl/N-ethyl adjacent to an activating group) is 2. The minimum absolute atomic E-state index is 0.522. The summed E-state index contributed by atoms with van der Waals surface area (Å²) in [7, 11) is 4.24. The lowest BCUT2D eigenvalue weighted by Gasteiger charge is -2.26. The largest absolute Gasteiger partial charge is 0.370 e. The molecule has 86 valence electrons. The number of likely N-dealkylation sites (tertiary alicyclic amines) is 1. The van der Waals surface area contributed by atoms with Gasteiger partial charge in [-0.2, -0.15) is 0 Å². The summed E-state index contributed by atoms with van der Waals surface area (Å²) < 4.78 is 0. The second-order valence-corrected chi connectivity index (χ2v) is 4.88. The predicted molar refractivity (Wildman–Crippen MR) is 62.9 cm³/mol. The second kappa shape index (κ2) is 4.39. The first kappa shape index (κ1) is 10.7. The van der Waals surface area contributed by atoms with E-state index < -0.39 is 0 Å². The smallest absolute Gasteiger partial charge is 0.191 e. The van der Waals surface area contributed by atoms with Crippen molar-refractivity contribution in [1.29, 1.82) is 0 Å². The van der Waals surface area contributed by atoms with Crippen molar-refractivity contribution in [2.24, 2.45) is 10.7 Å². The van der Waals surface area contributed by atoms with Crippen molar-refractivity contribution in [3.05, 3.63) is 0 Å². The van der Waals surface area contributed by atoms with Crippen LogP contribution in [0.15, 0.2) is 4.99 Å². The Morgan fingerprint density at radius 1 is 1.47 bits per heavy atom. The molecule has 0 radical (unpaired) electrons. The molecule has 0 aromatic rings. The molecule has 0 spiro atoms. The van der Waals surface area contributed by atoms with Crippen LogP contribution >= 0.6 is 0 Å². The van der Waals surface area contributed by atoms with Crippen molar-refractivity contribution in [3.8, 4) is 0 Å². The van der Waals surface area contributed by atoms with Crippen molar-refractivity contribution in [2.45, 2.75) is 37.8 Å². The highest BCUT2D eigenvalue weighted by atomic mass is 15.3. The summed E-state index contributed by atoms with van der Waals surface area (Å²) in [5, 5.41) is 0. The van der Waals surface area contributed by atoms with Crippen LogP contribution in [0.4, 0.5) is 0 Å². The summed E-state index contributed by atoms with van der Waals surface area (Å²) >= 11 is 0. The van der Waals surface area contributed by atoms with E-state index in [1.165, 1.54) is 32.2 Å². The first-order chi connectivity index (χ1) is 7.16. The van der Waals surface area contributed by atoms with Crippen molar-refractivity contribution in [2.75, 3.05) is 27.2 Å². The average Bonchev–Trinajstić information content (AvgIpc) is 2.92. The van der Waals surface area contributed by atoms with Crippen LogP contribution in [0.2, 0.25) is 0 Å². The lowest BCUT2D eigenvalue weighted by Crippen LogP contribution is -2.42. The molecular formula is C11H22N4. The number of nitrogens with zero attached hydrogens (tertiary/aromatic N) is 3. The number of hydrogen-bond acceptors (Lipinski definition) is 2. The van der Waals surface area contributed by atoms with E-state index in [1.54, 1.807) is 0 Å². The Hall–Kier alpha value is -0.770. The molecular weight excluding hydrogens is 188 g/mol. The number of nitrogens with two attached hydrogens (primary N) is 1. The van der Waals surface area contributed by atoms with E-state index >= 15 is 0 Å². The highest BCUT2D eigenvalue weighted by Crippen LogP contribution is 2.23. The van der Waals surface area contributed by atoms with E-state index in [2.05, 4.69) is 21.8 Å². The fourth-order valence-corrected chi connectivity index (χ4v) is 2.11. The van der Waals surface area contributed by atoms with Gasteiger partial charge in [0.1, 0.15) is 0 Å². The molecule has 1 saturated heterocycles. The zero-order valence-corrected chi connectivity index (χ0v) is 9.82. The van der Waals surface area contributed by atoms with Crippen molar-refractivity contribution in [3.63, 3.8) is 0 Å². The van der Waals surface area contributed by atoms with Gasteiger partial charge >= 0.3 is 0 Å². The summed E-state index contributed by atoms with van der Waals surface area (Å²) in [4.78, 5) is 8.98. The maximum absolute atomic E-state index is 5.94. The zero-order chi connectivity index (χ0) is 10.8. The average molecular weight is 210 g/mol. The van der Waals surface area contributed by atoms with Gasteiger partial charge in [0.2, 0.25) is 0 Å². The van der Waals surface area contributed by atoms with Crippen LogP contribution in [0.5, 0.6) is 0 Å². The van der Waals surface area contributed by atoms with Crippen molar-refractivity contribution < 1.29 is 0 Å². The lowest BCUT2D eigenvalue weighted by atomic mass is 10.2. The molecule has 0 bridgehead atoms. The Morgan fingerprint density at radius 3 is 2.73 bits per heavy atom. The molecule has 0 aromatic heterocycles. The van der Waals surface area contributed by atoms with Crippen molar-refractivity contribution in [1.82, 2.24) is 9.80 Å². The van der Waals surface area contributed by atoms with E-state index in [0.29, 0.717) is 12.1 Å². The highest BCUT2D eigenvalue weighted by Gasteiger charge is 2.24. The van der Waals surface area contributed by atoms with Gasteiger partial charge in [0.05, 0.1) is 6.04 Å². The standard InChI is InChI=1S/C11H22N4/c1-14-7-3-4-10(14)8-15(2)11(12)13-9-5-6-9/h9-10H,3-8H2,1-2H3,(H2,12,13).